The maximum absolute atomic E-state index is 13.9. The second kappa shape index (κ2) is 6.32. The number of nitrogens with zero attached hydrogens (tertiary/aromatic N) is 2. The second-order valence-electron chi connectivity index (χ2n) is 4.45. The van der Waals surface area contributed by atoms with Crippen LogP contribution in [0.2, 0.25) is 0 Å². The lowest BCUT2D eigenvalue weighted by Crippen LogP contribution is -2.08. The van der Waals surface area contributed by atoms with Gasteiger partial charge in [-0.25, -0.2) is 14.4 Å². The lowest BCUT2D eigenvalue weighted by molar-refractivity contribution is 0.415. The predicted octanol–water partition coefficient (Wildman–Crippen LogP) is 3.42. The van der Waals surface area contributed by atoms with Crippen LogP contribution in [0, 0.1) is 12.7 Å². The maximum Gasteiger partial charge on any atom is 0.186 e. The van der Waals surface area contributed by atoms with Crippen LogP contribution in [0.5, 0.6) is 5.75 Å². The van der Waals surface area contributed by atoms with Gasteiger partial charge in [-0.3, -0.25) is 0 Å². The molecule has 0 saturated heterocycles. The third-order valence-electron chi connectivity index (χ3n) is 2.91. The second-order valence-corrected chi connectivity index (χ2v) is 4.45. The standard InChI is InChI=1S/C15H18FN3O/c1-4-9-17-15-13(16)10(2)18-14(19-15)11-5-7-12(20-3)8-6-11/h5-8H,4,9H2,1-3H3,(H,17,18,19). The Balaban J connectivity index is 2.37. The monoisotopic (exact) mass is 275 g/mol. The third-order valence-corrected chi connectivity index (χ3v) is 2.91. The molecule has 4 nitrogen and oxygen atoms in total. The van der Waals surface area contributed by atoms with E-state index in [4.69, 9.17) is 4.74 Å². The SMILES string of the molecule is CCCNc1nc(-c2ccc(OC)cc2)nc(C)c1F. The highest BCUT2D eigenvalue weighted by Gasteiger charge is 2.12. The van der Waals surface area contributed by atoms with E-state index in [9.17, 15) is 4.39 Å². The van der Waals surface area contributed by atoms with Crippen LogP contribution in [0.15, 0.2) is 24.3 Å². The zero-order chi connectivity index (χ0) is 14.5. The van der Waals surface area contributed by atoms with E-state index in [0.717, 1.165) is 17.7 Å². The quantitative estimate of drug-likeness (QED) is 0.908. The Morgan fingerprint density at radius 1 is 1.20 bits per heavy atom. The van der Waals surface area contributed by atoms with Gasteiger partial charge in [0.15, 0.2) is 17.5 Å². The number of methoxy groups -OCH3 is 1. The van der Waals surface area contributed by atoms with Crippen LogP contribution in [-0.2, 0) is 0 Å². The van der Waals surface area contributed by atoms with Gasteiger partial charge in [-0.05, 0) is 37.6 Å². The van der Waals surface area contributed by atoms with Crippen molar-refractivity contribution in [3.8, 4) is 17.1 Å². The highest BCUT2D eigenvalue weighted by atomic mass is 19.1. The predicted molar refractivity (Wildman–Crippen MR) is 77.5 cm³/mol. The molecule has 106 valence electrons. The number of hydrogen-bond acceptors (Lipinski definition) is 4. The van der Waals surface area contributed by atoms with E-state index in [0.29, 0.717) is 18.1 Å². The molecule has 0 saturated carbocycles. The molecule has 0 aliphatic rings. The Morgan fingerprint density at radius 3 is 2.50 bits per heavy atom. The van der Waals surface area contributed by atoms with Crippen molar-refractivity contribution in [1.29, 1.82) is 0 Å². The van der Waals surface area contributed by atoms with Crippen molar-refractivity contribution in [2.24, 2.45) is 0 Å². The molecule has 0 spiro atoms. The summed E-state index contributed by atoms with van der Waals surface area (Å²) in [5, 5.41) is 2.99. The van der Waals surface area contributed by atoms with Crippen LogP contribution in [0.4, 0.5) is 10.2 Å². The molecule has 0 bridgehead atoms. The number of rotatable bonds is 5. The molecule has 0 fully saturated rings. The molecule has 5 heteroatoms. The van der Waals surface area contributed by atoms with E-state index >= 15 is 0 Å². The van der Waals surface area contributed by atoms with Gasteiger partial charge < -0.3 is 10.1 Å². The van der Waals surface area contributed by atoms with E-state index in [1.807, 2.05) is 31.2 Å². The number of ether oxygens (including phenoxy) is 1. The van der Waals surface area contributed by atoms with Gasteiger partial charge in [0.25, 0.3) is 0 Å². The molecular weight excluding hydrogens is 257 g/mol. The summed E-state index contributed by atoms with van der Waals surface area (Å²) >= 11 is 0. The minimum Gasteiger partial charge on any atom is -0.497 e. The number of aryl methyl sites for hydroxylation is 1. The molecule has 0 atom stereocenters. The third kappa shape index (κ3) is 3.04. The van der Waals surface area contributed by atoms with E-state index in [1.54, 1.807) is 14.0 Å². The highest BCUT2D eigenvalue weighted by molar-refractivity contribution is 5.59. The molecule has 1 aromatic heterocycles. The molecule has 20 heavy (non-hydrogen) atoms. The van der Waals surface area contributed by atoms with Gasteiger partial charge in [-0.1, -0.05) is 6.92 Å². The molecule has 2 aromatic rings. The van der Waals surface area contributed by atoms with Crippen LogP contribution in [-0.4, -0.2) is 23.6 Å². The summed E-state index contributed by atoms with van der Waals surface area (Å²) in [5.41, 5.74) is 1.16. The van der Waals surface area contributed by atoms with Gasteiger partial charge in [0.1, 0.15) is 5.75 Å². The van der Waals surface area contributed by atoms with Crippen LogP contribution in [0.25, 0.3) is 11.4 Å². The van der Waals surface area contributed by atoms with E-state index in [2.05, 4.69) is 15.3 Å². The number of hydrogen-bond donors (Lipinski definition) is 1. The summed E-state index contributed by atoms with van der Waals surface area (Å²) in [6, 6.07) is 7.37. The fraction of sp³-hybridized carbons (Fsp3) is 0.333. The topological polar surface area (TPSA) is 47.0 Å². The Morgan fingerprint density at radius 2 is 1.90 bits per heavy atom. The van der Waals surface area contributed by atoms with Crippen LogP contribution < -0.4 is 10.1 Å². The van der Waals surface area contributed by atoms with Gasteiger partial charge in [0.05, 0.1) is 12.8 Å². The first-order valence-electron chi connectivity index (χ1n) is 6.58. The van der Waals surface area contributed by atoms with Crippen molar-refractivity contribution in [3.63, 3.8) is 0 Å². The zero-order valence-electron chi connectivity index (χ0n) is 11.9. The average Bonchev–Trinajstić information content (AvgIpc) is 2.48. The number of halogens is 1. The Labute approximate surface area is 118 Å². The van der Waals surface area contributed by atoms with Crippen molar-refractivity contribution >= 4 is 5.82 Å². The highest BCUT2D eigenvalue weighted by Crippen LogP contribution is 2.23. The van der Waals surface area contributed by atoms with E-state index in [-0.39, 0.29) is 5.82 Å². The van der Waals surface area contributed by atoms with Crippen molar-refractivity contribution in [1.82, 2.24) is 9.97 Å². The lowest BCUT2D eigenvalue weighted by atomic mass is 10.2. The molecule has 0 radical (unpaired) electrons. The van der Waals surface area contributed by atoms with E-state index in [1.165, 1.54) is 0 Å². The summed E-state index contributed by atoms with van der Waals surface area (Å²) in [4.78, 5) is 8.46. The van der Waals surface area contributed by atoms with Gasteiger partial charge in [0.2, 0.25) is 0 Å². The number of nitrogens with one attached hydrogen (secondary N) is 1. The maximum atomic E-state index is 13.9. The molecule has 0 unspecified atom stereocenters. The van der Waals surface area contributed by atoms with Crippen LogP contribution >= 0.6 is 0 Å². The van der Waals surface area contributed by atoms with Gasteiger partial charge in [-0.2, -0.15) is 0 Å². The van der Waals surface area contributed by atoms with Crippen molar-refractivity contribution in [3.05, 3.63) is 35.8 Å². The molecule has 1 aromatic carbocycles. The van der Waals surface area contributed by atoms with Crippen molar-refractivity contribution in [2.45, 2.75) is 20.3 Å². The van der Waals surface area contributed by atoms with Gasteiger partial charge >= 0.3 is 0 Å². The van der Waals surface area contributed by atoms with Crippen LogP contribution in [0.3, 0.4) is 0 Å². The van der Waals surface area contributed by atoms with Gasteiger partial charge in [0, 0.05) is 12.1 Å². The summed E-state index contributed by atoms with van der Waals surface area (Å²) in [6.45, 7) is 4.33. The Kier molecular flexibility index (Phi) is 4.50. The Bertz CT molecular complexity index is 584. The normalized spacial score (nSPS) is 10.4. The molecule has 1 heterocycles. The number of aromatic nitrogens is 2. The first kappa shape index (κ1) is 14.2. The van der Waals surface area contributed by atoms with Crippen molar-refractivity contribution < 1.29 is 9.13 Å². The lowest BCUT2D eigenvalue weighted by Gasteiger charge is -2.10. The van der Waals surface area contributed by atoms with E-state index < -0.39 is 5.82 Å². The fourth-order valence-electron chi connectivity index (χ4n) is 1.79. The van der Waals surface area contributed by atoms with Crippen molar-refractivity contribution in [2.75, 3.05) is 19.0 Å². The minimum atomic E-state index is -0.393. The zero-order valence-corrected chi connectivity index (χ0v) is 11.9. The largest absolute Gasteiger partial charge is 0.497 e. The first-order chi connectivity index (χ1) is 9.65. The minimum absolute atomic E-state index is 0.255. The van der Waals surface area contributed by atoms with Crippen LogP contribution in [0.1, 0.15) is 19.0 Å². The summed E-state index contributed by atoms with van der Waals surface area (Å²) < 4.78 is 19.0. The molecule has 1 N–H and O–H groups in total. The molecular formula is C15H18FN3O. The summed E-state index contributed by atoms with van der Waals surface area (Å²) in [6.07, 6.45) is 0.903. The Hall–Kier alpha value is -2.17. The average molecular weight is 275 g/mol. The van der Waals surface area contributed by atoms with Gasteiger partial charge in [-0.15, -0.1) is 0 Å². The fourth-order valence-corrected chi connectivity index (χ4v) is 1.79. The summed E-state index contributed by atoms with van der Waals surface area (Å²) in [5.74, 6) is 1.13. The number of anilines is 1. The molecule has 0 aliphatic carbocycles. The molecule has 0 amide bonds. The summed E-state index contributed by atoms with van der Waals surface area (Å²) in [7, 11) is 1.61. The smallest absolute Gasteiger partial charge is 0.186 e. The molecule has 2 rings (SSSR count). The molecule has 0 aliphatic heterocycles. The first-order valence-corrected chi connectivity index (χ1v) is 6.58. The number of benzene rings is 1.